The molecule has 0 aliphatic heterocycles. The number of hydrogen-bond donors (Lipinski definition) is 0. The first-order chi connectivity index (χ1) is 49.4. The molecule has 8 heteroatoms. The standard InChI is InChI=1S/4C24H51P.4ClH/c4*1-4-7-10-13-16-19-22-25(23-20-17-14-11-8-5-2)24-21-18-15-12-9-6-3;;;;/h4*4-24H2,1-3H3;4*1H. The van der Waals surface area contributed by atoms with Crippen LogP contribution in [0.3, 0.4) is 0 Å². The van der Waals surface area contributed by atoms with Gasteiger partial charge in [0.25, 0.3) is 0 Å². The van der Waals surface area contributed by atoms with Gasteiger partial charge in [-0.2, -0.15) is 0 Å². The fourth-order valence-corrected chi connectivity index (χ4v) is 27.4. The number of hydrogen-bond acceptors (Lipinski definition) is 0. The van der Waals surface area contributed by atoms with Gasteiger partial charge in [0, 0.05) is 31.7 Å². The Balaban J connectivity index is -0.000000194. The first-order valence-corrected chi connectivity index (χ1v) is 57.2. The molecule has 0 N–H and O–H groups in total. The van der Waals surface area contributed by atoms with Crippen LogP contribution < -0.4 is 49.6 Å². The van der Waals surface area contributed by atoms with Crippen molar-refractivity contribution in [1.82, 2.24) is 0 Å². The minimum atomic E-state index is -0.0222. The van der Waals surface area contributed by atoms with Gasteiger partial charge in [0.15, 0.2) is 0 Å². The summed E-state index contributed by atoms with van der Waals surface area (Å²) in [6.07, 6.45) is 126. The molecule has 0 aromatic rings. The molecular formula is C96H208Cl4P4. The van der Waals surface area contributed by atoms with Gasteiger partial charge in [-0.15, -0.1) is 0 Å². The van der Waals surface area contributed by atoms with Gasteiger partial charge in [-0.1, -0.05) is 391 Å². The Bertz CT molecular complexity index is 969. The van der Waals surface area contributed by atoms with Crippen LogP contribution in [0.2, 0.25) is 0 Å². The highest BCUT2D eigenvalue weighted by atomic mass is 35.5. The zero-order valence-electron chi connectivity index (χ0n) is 74.9. The molecule has 0 spiro atoms. The van der Waals surface area contributed by atoms with Crippen LogP contribution in [0.15, 0.2) is 0 Å². The molecule has 0 amide bonds. The van der Waals surface area contributed by atoms with Gasteiger partial charge in [0.2, 0.25) is 0 Å². The third-order valence-electron chi connectivity index (χ3n) is 22.6. The molecule has 104 heavy (non-hydrogen) atoms. The molecular weight excluding hydrogens is 1420 g/mol. The van der Waals surface area contributed by atoms with E-state index < -0.39 is 0 Å². The van der Waals surface area contributed by atoms with Crippen molar-refractivity contribution >= 4 is 31.7 Å². The van der Waals surface area contributed by atoms with E-state index in [0.717, 1.165) is 0 Å². The van der Waals surface area contributed by atoms with Gasteiger partial charge in [0.05, 0.1) is 73.9 Å². The summed E-state index contributed by atoms with van der Waals surface area (Å²) >= 11 is 0. The molecule has 0 aromatic carbocycles. The second kappa shape index (κ2) is 119. The van der Waals surface area contributed by atoms with E-state index in [9.17, 15) is 0 Å². The van der Waals surface area contributed by atoms with Crippen LogP contribution in [-0.4, -0.2) is 73.9 Å². The fraction of sp³-hybridized carbons (Fsp3) is 1.00. The third-order valence-corrected chi connectivity index (χ3v) is 35.3. The van der Waals surface area contributed by atoms with Crippen molar-refractivity contribution < 1.29 is 49.6 Å². The molecule has 0 atom stereocenters. The summed E-state index contributed by atoms with van der Waals surface area (Å²) in [5, 5.41) is 0. The smallest absolute Gasteiger partial charge is 0.0571 e. The second-order valence-electron chi connectivity index (χ2n) is 33.2. The van der Waals surface area contributed by atoms with Crippen LogP contribution >= 0.6 is 31.7 Å². The summed E-state index contributed by atoms with van der Waals surface area (Å²) < 4.78 is 0. The molecule has 0 saturated carbocycles. The lowest BCUT2D eigenvalue weighted by Gasteiger charge is -2.11. The summed E-state index contributed by atoms with van der Waals surface area (Å²) in [6.45, 7) is 27.9. The second-order valence-corrected chi connectivity index (χ2v) is 45.2. The largest absolute Gasteiger partial charge is 1.00 e. The summed E-state index contributed by atoms with van der Waals surface area (Å²) in [5.74, 6) is 0. The highest BCUT2D eigenvalue weighted by molar-refractivity contribution is 7.58. The SMILES string of the molecule is CCCCCCCC[PH+](CCCCCCCC)CCCCCCCC.CCCCCCCC[PH+](CCCCCCCC)CCCCCCCC.CCCCCCCC[PH+](CCCCCCCC)CCCCCCCC.CCCCCCCC[PH+](CCCCCCCC)CCCCCCCC.[Cl-].[Cl-].[Cl-].[Cl-]. The lowest BCUT2D eigenvalue weighted by Crippen LogP contribution is -3.00. The van der Waals surface area contributed by atoms with E-state index in [1.807, 2.05) is 0 Å². The Morgan fingerprint density at radius 1 is 0.0865 bits per heavy atom. The Labute approximate surface area is 695 Å². The zero-order chi connectivity index (χ0) is 73.7. The van der Waals surface area contributed by atoms with Crippen LogP contribution in [0, 0.1) is 0 Å². The molecule has 0 fully saturated rings. The van der Waals surface area contributed by atoms with Gasteiger partial charge in [-0.05, 0) is 154 Å². The average Bonchev–Trinajstić information content (AvgIpc) is 1.41. The van der Waals surface area contributed by atoms with Crippen molar-refractivity contribution in [3.63, 3.8) is 0 Å². The highest BCUT2D eigenvalue weighted by Gasteiger charge is 2.19. The Morgan fingerprint density at radius 3 is 0.212 bits per heavy atom. The average molecular weight is 1630 g/mol. The summed E-state index contributed by atoms with van der Waals surface area (Å²) in [6, 6.07) is 0. The highest BCUT2D eigenvalue weighted by Crippen LogP contribution is 2.43. The first-order valence-electron chi connectivity index (χ1n) is 48.7. The van der Waals surface area contributed by atoms with Crippen LogP contribution in [0.4, 0.5) is 0 Å². The third kappa shape index (κ3) is 116. The van der Waals surface area contributed by atoms with Crippen molar-refractivity contribution in [2.45, 2.75) is 545 Å². The Kier molecular flexibility index (Phi) is 140. The van der Waals surface area contributed by atoms with Crippen LogP contribution in [0.1, 0.15) is 545 Å². The van der Waals surface area contributed by atoms with E-state index in [4.69, 9.17) is 0 Å². The lowest BCUT2D eigenvalue weighted by atomic mass is 10.1. The minimum Gasteiger partial charge on any atom is -1.00 e. The van der Waals surface area contributed by atoms with Gasteiger partial charge < -0.3 is 49.6 Å². The van der Waals surface area contributed by atoms with E-state index in [1.165, 1.54) is 385 Å². The van der Waals surface area contributed by atoms with Crippen molar-refractivity contribution in [2.75, 3.05) is 73.9 Å². The topological polar surface area (TPSA) is 0 Å². The van der Waals surface area contributed by atoms with Crippen molar-refractivity contribution in [1.29, 1.82) is 0 Å². The van der Waals surface area contributed by atoms with Gasteiger partial charge >= 0.3 is 0 Å². The number of unbranched alkanes of at least 4 members (excludes halogenated alkanes) is 60. The Morgan fingerprint density at radius 2 is 0.144 bits per heavy atom. The maximum absolute atomic E-state index is 2.32. The number of rotatable bonds is 84. The molecule has 0 aromatic heterocycles. The van der Waals surface area contributed by atoms with Crippen LogP contribution in [0.25, 0.3) is 0 Å². The van der Waals surface area contributed by atoms with Crippen molar-refractivity contribution in [3.8, 4) is 0 Å². The van der Waals surface area contributed by atoms with Crippen LogP contribution in [0.5, 0.6) is 0 Å². The maximum Gasteiger partial charge on any atom is 0.0571 e. The van der Waals surface area contributed by atoms with Crippen molar-refractivity contribution in [2.24, 2.45) is 0 Å². The Hall–Kier alpha value is 2.88. The molecule has 0 heterocycles. The summed E-state index contributed by atoms with van der Waals surface area (Å²) in [4.78, 5) is 0. The molecule has 0 aliphatic rings. The first kappa shape index (κ1) is 123. The number of halogens is 4. The quantitative estimate of drug-likeness (QED) is 0.0421. The summed E-state index contributed by atoms with van der Waals surface area (Å²) in [5.41, 5.74) is 0. The molecule has 0 unspecified atom stereocenters. The normalized spacial score (nSPS) is 11.1. The van der Waals surface area contributed by atoms with E-state index in [2.05, 4.69) is 83.1 Å². The minimum absolute atomic E-state index is 0. The lowest BCUT2D eigenvalue weighted by molar-refractivity contribution is -0.00100. The predicted molar refractivity (Wildman–Crippen MR) is 492 cm³/mol. The van der Waals surface area contributed by atoms with Gasteiger partial charge in [-0.25, -0.2) is 0 Å². The molecule has 0 rings (SSSR count). The van der Waals surface area contributed by atoms with Crippen LogP contribution in [-0.2, 0) is 0 Å². The molecule has 0 radical (unpaired) electrons. The van der Waals surface area contributed by atoms with E-state index in [1.54, 1.807) is 151 Å². The molecule has 0 aliphatic carbocycles. The van der Waals surface area contributed by atoms with Gasteiger partial charge in [-0.3, -0.25) is 0 Å². The molecule has 640 valence electrons. The fourth-order valence-electron chi connectivity index (χ4n) is 15.4. The predicted octanol–water partition coefficient (Wildman–Crippen LogP) is 25.1. The van der Waals surface area contributed by atoms with E-state index >= 15 is 0 Å². The monoisotopic (exact) mass is 1630 g/mol. The maximum atomic E-state index is 2.32. The summed E-state index contributed by atoms with van der Waals surface area (Å²) in [7, 11) is -0.0888. The van der Waals surface area contributed by atoms with Gasteiger partial charge in [0.1, 0.15) is 0 Å². The van der Waals surface area contributed by atoms with E-state index in [0.29, 0.717) is 0 Å². The molecule has 0 nitrogen and oxygen atoms in total. The van der Waals surface area contributed by atoms with E-state index in [-0.39, 0.29) is 81.3 Å². The molecule has 0 bridgehead atoms. The van der Waals surface area contributed by atoms with Crippen molar-refractivity contribution in [3.05, 3.63) is 0 Å². The zero-order valence-corrected chi connectivity index (χ0v) is 81.9. The molecule has 0 saturated heterocycles.